The van der Waals surface area contributed by atoms with Gasteiger partial charge in [-0.2, -0.15) is 0 Å². The minimum atomic E-state index is -1.39. The number of pyridine rings is 1. The summed E-state index contributed by atoms with van der Waals surface area (Å²) in [5.74, 6) is -1.78. The number of carboxylic acid groups (broad SMARTS) is 1. The summed E-state index contributed by atoms with van der Waals surface area (Å²) >= 11 is 0. The van der Waals surface area contributed by atoms with E-state index in [1.165, 1.54) is 6.20 Å². The monoisotopic (exact) mass is 296 g/mol. The van der Waals surface area contributed by atoms with Crippen molar-refractivity contribution in [2.75, 3.05) is 11.9 Å². The molecule has 0 saturated carbocycles. The van der Waals surface area contributed by atoms with Crippen molar-refractivity contribution < 1.29 is 24.2 Å². The van der Waals surface area contributed by atoms with Gasteiger partial charge >= 0.3 is 12.0 Å². The summed E-state index contributed by atoms with van der Waals surface area (Å²) in [5, 5.41) is 13.4. The fraction of sp³-hybridized carbons (Fsp3) is 0.333. The van der Waals surface area contributed by atoms with E-state index in [1.807, 2.05) is 6.92 Å². The highest BCUT2D eigenvalue weighted by atomic mass is 16.5. The van der Waals surface area contributed by atoms with Crippen molar-refractivity contribution in [2.45, 2.75) is 19.4 Å². The number of urea groups is 1. The molecule has 114 valence electrons. The third kappa shape index (κ3) is 5.76. The van der Waals surface area contributed by atoms with E-state index < -0.39 is 30.4 Å². The molecule has 0 aliphatic heterocycles. The molecule has 1 heterocycles. The van der Waals surface area contributed by atoms with Crippen molar-refractivity contribution in [3.8, 4) is 5.88 Å². The summed E-state index contributed by atoms with van der Waals surface area (Å²) < 4.78 is 5.14. The van der Waals surface area contributed by atoms with Gasteiger partial charge in [-0.25, -0.2) is 14.6 Å². The van der Waals surface area contributed by atoms with Crippen LogP contribution in [-0.4, -0.2) is 40.6 Å². The number of anilines is 1. The summed E-state index contributed by atoms with van der Waals surface area (Å²) in [6.45, 7) is 2.28. The van der Waals surface area contributed by atoms with Crippen LogP contribution in [0.4, 0.5) is 10.5 Å². The zero-order valence-corrected chi connectivity index (χ0v) is 11.3. The highest BCUT2D eigenvalue weighted by Gasteiger charge is 2.22. The largest absolute Gasteiger partial charge is 0.480 e. The second-order valence-corrected chi connectivity index (χ2v) is 3.98. The molecule has 0 spiro atoms. The topological polar surface area (TPSA) is 144 Å². The number of aromatic nitrogens is 1. The van der Waals surface area contributed by atoms with Gasteiger partial charge in [-0.1, -0.05) is 0 Å². The van der Waals surface area contributed by atoms with E-state index in [-0.39, 0.29) is 0 Å². The minimum Gasteiger partial charge on any atom is -0.480 e. The van der Waals surface area contributed by atoms with Crippen molar-refractivity contribution in [3.63, 3.8) is 0 Å². The van der Waals surface area contributed by atoms with Gasteiger partial charge in [0.05, 0.1) is 24.9 Å². The summed E-state index contributed by atoms with van der Waals surface area (Å²) in [4.78, 5) is 37.1. The number of carboxylic acids is 1. The van der Waals surface area contributed by atoms with E-state index in [4.69, 9.17) is 15.6 Å². The molecule has 0 unspecified atom stereocenters. The molecule has 3 amide bonds. The Bertz CT molecular complexity index is 517. The van der Waals surface area contributed by atoms with Crippen LogP contribution in [0.25, 0.3) is 0 Å². The van der Waals surface area contributed by atoms with E-state index in [2.05, 4.69) is 15.6 Å². The lowest BCUT2D eigenvalue weighted by Gasteiger charge is -2.13. The molecule has 0 fully saturated rings. The number of aliphatic carboxylic acids is 1. The van der Waals surface area contributed by atoms with Crippen LogP contribution in [0.5, 0.6) is 5.88 Å². The highest BCUT2D eigenvalue weighted by molar-refractivity contribution is 5.93. The predicted octanol–water partition coefficient (Wildman–Crippen LogP) is -0.0696. The number of amides is 3. The first-order chi connectivity index (χ1) is 9.92. The normalized spacial score (nSPS) is 11.3. The number of rotatable bonds is 7. The molecular weight excluding hydrogens is 280 g/mol. The molecule has 0 aliphatic rings. The Labute approximate surface area is 120 Å². The first-order valence-corrected chi connectivity index (χ1v) is 6.09. The lowest BCUT2D eigenvalue weighted by atomic mass is 10.2. The average molecular weight is 296 g/mol. The van der Waals surface area contributed by atoms with Crippen LogP contribution in [0.2, 0.25) is 0 Å². The summed E-state index contributed by atoms with van der Waals surface area (Å²) in [5.41, 5.74) is 5.25. The molecule has 5 N–H and O–H groups in total. The first-order valence-electron chi connectivity index (χ1n) is 6.09. The molecule has 1 aromatic heterocycles. The average Bonchev–Trinajstić information content (AvgIpc) is 2.40. The first kappa shape index (κ1) is 16.2. The molecule has 9 heteroatoms. The fourth-order valence-electron chi connectivity index (χ4n) is 1.41. The van der Waals surface area contributed by atoms with Crippen LogP contribution >= 0.6 is 0 Å². The van der Waals surface area contributed by atoms with Gasteiger partial charge in [0.15, 0.2) is 0 Å². The molecule has 0 bridgehead atoms. The Balaban J connectivity index is 2.59. The van der Waals surface area contributed by atoms with Crippen LogP contribution in [-0.2, 0) is 9.59 Å². The molecule has 1 rings (SSSR count). The maximum atomic E-state index is 11.6. The SMILES string of the molecule is CCOc1ccc(NC(=O)N[C@H](CC(N)=O)C(=O)O)cn1. The summed E-state index contributed by atoms with van der Waals surface area (Å²) in [7, 11) is 0. The van der Waals surface area contributed by atoms with Crippen molar-refractivity contribution in [1.82, 2.24) is 10.3 Å². The van der Waals surface area contributed by atoms with Crippen molar-refractivity contribution in [2.24, 2.45) is 5.73 Å². The number of carbonyl (C=O) groups is 3. The zero-order chi connectivity index (χ0) is 15.8. The number of nitrogens with one attached hydrogen (secondary N) is 2. The van der Waals surface area contributed by atoms with E-state index in [1.54, 1.807) is 12.1 Å². The Kier molecular flexibility index (Phi) is 5.93. The fourth-order valence-corrected chi connectivity index (χ4v) is 1.41. The predicted molar refractivity (Wildman–Crippen MR) is 72.8 cm³/mol. The maximum Gasteiger partial charge on any atom is 0.326 e. The van der Waals surface area contributed by atoms with Gasteiger partial charge in [-0.05, 0) is 13.0 Å². The van der Waals surface area contributed by atoms with Gasteiger partial charge in [0.1, 0.15) is 6.04 Å². The van der Waals surface area contributed by atoms with Gasteiger partial charge in [0.25, 0.3) is 0 Å². The van der Waals surface area contributed by atoms with Crippen LogP contribution in [0.3, 0.4) is 0 Å². The van der Waals surface area contributed by atoms with Gasteiger partial charge in [-0.15, -0.1) is 0 Å². The Morgan fingerprint density at radius 3 is 2.62 bits per heavy atom. The standard InChI is InChI=1S/C12H16N4O5/c1-2-21-10-4-3-7(6-14-10)15-12(20)16-8(11(18)19)5-9(13)17/h3-4,6,8H,2,5H2,1H3,(H2,13,17)(H,18,19)(H2,15,16,20)/t8-/m1/s1. The molecule has 21 heavy (non-hydrogen) atoms. The van der Waals surface area contributed by atoms with E-state index in [0.717, 1.165) is 0 Å². The van der Waals surface area contributed by atoms with Crippen molar-refractivity contribution in [1.29, 1.82) is 0 Å². The molecular formula is C12H16N4O5. The number of nitrogens with zero attached hydrogens (tertiary/aromatic N) is 1. The van der Waals surface area contributed by atoms with Crippen LogP contribution in [0.15, 0.2) is 18.3 Å². The Morgan fingerprint density at radius 2 is 2.14 bits per heavy atom. The molecule has 0 radical (unpaired) electrons. The van der Waals surface area contributed by atoms with Gasteiger partial charge in [-0.3, -0.25) is 4.79 Å². The lowest BCUT2D eigenvalue weighted by Crippen LogP contribution is -2.45. The van der Waals surface area contributed by atoms with Gasteiger partial charge in [0.2, 0.25) is 11.8 Å². The molecule has 1 aromatic rings. The van der Waals surface area contributed by atoms with Gasteiger partial charge < -0.3 is 26.2 Å². The lowest BCUT2D eigenvalue weighted by molar-refractivity contribution is -0.140. The second-order valence-electron chi connectivity index (χ2n) is 3.98. The smallest absolute Gasteiger partial charge is 0.326 e. The molecule has 0 aromatic carbocycles. The van der Waals surface area contributed by atoms with E-state index in [9.17, 15) is 14.4 Å². The minimum absolute atomic E-state index is 0.346. The van der Waals surface area contributed by atoms with Crippen molar-refractivity contribution >= 4 is 23.6 Å². The third-order valence-electron chi connectivity index (χ3n) is 2.30. The molecule has 9 nitrogen and oxygen atoms in total. The van der Waals surface area contributed by atoms with Crippen LogP contribution < -0.4 is 21.1 Å². The summed E-state index contributed by atoms with van der Waals surface area (Å²) in [6.07, 6.45) is 0.860. The second kappa shape index (κ2) is 7.68. The van der Waals surface area contributed by atoms with Crippen molar-refractivity contribution in [3.05, 3.63) is 18.3 Å². The Hall–Kier alpha value is -2.84. The quantitative estimate of drug-likeness (QED) is 0.554. The number of ether oxygens (including phenoxy) is 1. The number of hydrogen-bond donors (Lipinski definition) is 4. The van der Waals surface area contributed by atoms with E-state index >= 15 is 0 Å². The van der Waals surface area contributed by atoms with Crippen LogP contribution in [0, 0.1) is 0 Å². The zero-order valence-electron chi connectivity index (χ0n) is 11.3. The number of hydrogen-bond acceptors (Lipinski definition) is 5. The number of primary amides is 1. The van der Waals surface area contributed by atoms with Crippen LogP contribution in [0.1, 0.15) is 13.3 Å². The number of carbonyl (C=O) groups excluding carboxylic acids is 2. The molecule has 0 saturated heterocycles. The molecule has 1 atom stereocenters. The highest BCUT2D eigenvalue weighted by Crippen LogP contribution is 2.11. The molecule has 0 aliphatic carbocycles. The summed E-state index contributed by atoms with van der Waals surface area (Å²) in [6, 6.07) is 0.923. The van der Waals surface area contributed by atoms with E-state index in [0.29, 0.717) is 18.2 Å². The third-order valence-corrected chi connectivity index (χ3v) is 2.30. The number of nitrogens with two attached hydrogens (primary N) is 1. The Morgan fingerprint density at radius 1 is 1.43 bits per heavy atom. The maximum absolute atomic E-state index is 11.6. The van der Waals surface area contributed by atoms with Gasteiger partial charge in [0, 0.05) is 6.07 Å².